The van der Waals surface area contributed by atoms with Gasteiger partial charge in [0, 0.05) is 24.7 Å². The fourth-order valence-corrected chi connectivity index (χ4v) is 4.30. The zero-order chi connectivity index (χ0) is 18.4. The molecule has 25 heavy (non-hydrogen) atoms. The molecule has 7 nitrogen and oxygen atoms in total. The van der Waals surface area contributed by atoms with Gasteiger partial charge in [0.2, 0.25) is 10.0 Å². The van der Waals surface area contributed by atoms with Crippen molar-refractivity contribution < 1.29 is 22.3 Å². The van der Waals surface area contributed by atoms with Crippen LogP contribution in [0.2, 0.25) is 0 Å². The Morgan fingerprint density at radius 3 is 2.92 bits per heavy atom. The van der Waals surface area contributed by atoms with Crippen molar-refractivity contribution in [2.45, 2.75) is 31.6 Å². The monoisotopic (exact) mass is 369 g/mol. The third-order valence-corrected chi connectivity index (χ3v) is 5.69. The number of carbonyl (C=O) groups excluding carboxylic acids is 1. The predicted molar refractivity (Wildman–Crippen MR) is 88.5 cm³/mol. The Hall–Kier alpha value is -2.18. The molecule has 0 aromatic heterocycles. The van der Waals surface area contributed by atoms with Crippen molar-refractivity contribution in [1.82, 2.24) is 9.62 Å². The van der Waals surface area contributed by atoms with E-state index in [0.717, 1.165) is 6.07 Å². The molecule has 0 bridgehead atoms. The smallest absolute Gasteiger partial charge is 0.407 e. The van der Waals surface area contributed by atoms with Gasteiger partial charge < -0.3 is 10.1 Å². The lowest BCUT2D eigenvalue weighted by molar-refractivity contribution is 0.142. The summed E-state index contributed by atoms with van der Waals surface area (Å²) in [6.45, 7) is 2.36. The van der Waals surface area contributed by atoms with E-state index >= 15 is 0 Å². The summed E-state index contributed by atoms with van der Waals surface area (Å²) in [6.07, 6.45) is 0.659. The number of ether oxygens (including phenoxy) is 1. The summed E-state index contributed by atoms with van der Waals surface area (Å²) < 4.78 is 45.2. The van der Waals surface area contributed by atoms with E-state index in [1.807, 2.05) is 0 Å². The van der Waals surface area contributed by atoms with Crippen molar-refractivity contribution in [3.8, 4) is 6.07 Å². The normalized spacial score (nSPS) is 18.4. The largest absolute Gasteiger partial charge is 0.450 e. The van der Waals surface area contributed by atoms with Crippen molar-refractivity contribution in [3.05, 3.63) is 35.1 Å². The zero-order valence-corrected chi connectivity index (χ0v) is 14.7. The Bertz CT molecular complexity index is 776. The molecular weight excluding hydrogens is 349 g/mol. The van der Waals surface area contributed by atoms with Crippen molar-refractivity contribution in [2.24, 2.45) is 0 Å². The SMILES string of the molecule is CCOC(=O)N[C@@H]1CCCN(S(=O)(=O)Cc2ccc(C#N)cc2F)C1. The van der Waals surface area contributed by atoms with Crippen molar-refractivity contribution in [1.29, 1.82) is 5.26 Å². The summed E-state index contributed by atoms with van der Waals surface area (Å²) in [7, 11) is -3.74. The molecule has 1 aliphatic rings. The molecule has 2 rings (SSSR count). The van der Waals surface area contributed by atoms with Crippen LogP contribution in [0, 0.1) is 17.1 Å². The molecule has 1 fully saturated rings. The summed E-state index contributed by atoms with van der Waals surface area (Å²) >= 11 is 0. The van der Waals surface area contributed by atoms with Gasteiger partial charge in [-0.25, -0.2) is 17.6 Å². The van der Waals surface area contributed by atoms with Gasteiger partial charge in [-0.3, -0.25) is 0 Å². The number of benzene rings is 1. The van der Waals surface area contributed by atoms with Crippen LogP contribution < -0.4 is 5.32 Å². The summed E-state index contributed by atoms with van der Waals surface area (Å²) in [5.41, 5.74) is 0.148. The maximum Gasteiger partial charge on any atom is 0.407 e. The second-order valence-electron chi connectivity index (χ2n) is 5.74. The average molecular weight is 369 g/mol. The molecule has 9 heteroatoms. The van der Waals surface area contributed by atoms with Gasteiger partial charge in [0.1, 0.15) is 5.82 Å². The highest BCUT2D eigenvalue weighted by atomic mass is 32.2. The van der Waals surface area contributed by atoms with E-state index in [1.165, 1.54) is 16.4 Å². The van der Waals surface area contributed by atoms with Crippen LogP contribution in [0.1, 0.15) is 30.9 Å². The fraction of sp³-hybridized carbons (Fsp3) is 0.500. The van der Waals surface area contributed by atoms with Gasteiger partial charge in [-0.05, 0) is 31.9 Å². The molecule has 1 saturated heterocycles. The minimum atomic E-state index is -3.74. The zero-order valence-electron chi connectivity index (χ0n) is 13.9. The summed E-state index contributed by atoms with van der Waals surface area (Å²) in [5, 5.41) is 11.4. The first-order valence-corrected chi connectivity index (χ1v) is 9.56. The molecule has 1 aromatic carbocycles. The van der Waals surface area contributed by atoms with Crippen LogP contribution in [0.15, 0.2) is 18.2 Å². The lowest BCUT2D eigenvalue weighted by atomic mass is 10.1. The van der Waals surface area contributed by atoms with Crippen LogP contribution in [0.5, 0.6) is 0 Å². The number of nitriles is 1. The first kappa shape index (κ1) is 19.1. The van der Waals surface area contributed by atoms with Gasteiger partial charge in [0.25, 0.3) is 0 Å². The Morgan fingerprint density at radius 1 is 1.52 bits per heavy atom. The second kappa shape index (κ2) is 8.27. The minimum absolute atomic E-state index is 0.0134. The number of hydrogen-bond acceptors (Lipinski definition) is 5. The number of hydrogen-bond donors (Lipinski definition) is 1. The van der Waals surface area contributed by atoms with Crippen molar-refractivity contribution >= 4 is 16.1 Å². The summed E-state index contributed by atoms with van der Waals surface area (Å²) in [4.78, 5) is 11.5. The van der Waals surface area contributed by atoms with Crippen LogP contribution in [-0.2, 0) is 20.5 Å². The van der Waals surface area contributed by atoms with Gasteiger partial charge in [0.15, 0.2) is 0 Å². The van der Waals surface area contributed by atoms with Gasteiger partial charge >= 0.3 is 6.09 Å². The van der Waals surface area contributed by atoms with E-state index in [9.17, 15) is 17.6 Å². The fourth-order valence-electron chi connectivity index (χ4n) is 2.67. The van der Waals surface area contributed by atoms with E-state index in [2.05, 4.69) is 5.32 Å². The molecule has 0 saturated carbocycles. The highest BCUT2D eigenvalue weighted by Gasteiger charge is 2.30. The number of amides is 1. The first-order valence-electron chi connectivity index (χ1n) is 7.95. The molecule has 1 amide bonds. The molecular formula is C16H20FN3O4S. The molecule has 1 aliphatic heterocycles. The topological polar surface area (TPSA) is 99.5 Å². The van der Waals surface area contributed by atoms with Crippen LogP contribution >= 0.6 is 0 Å². The lowest BCUT2D eigenvalue weighted by Crippen LogP contribution is -2.49. The third kappa shape index (κ3) is 5.14. The van der Waals surface area contributed by atoms with Gasteiger partial charge in [-0.15, -0.1) is 0 Å². The number of halogens is 1. The summed E-state index contributed by atoms with van der Waals surface area (Å²) in [5.74, 6) is -1.21. The van der Waals surface area contributed by atoms with E-state index < -0.39 is 27.7 Å². The molecule has 0 aliphatic carbocycles. The third-order valence-electron chi connectivity index (χ3n) is 3.89. The van der Waals surface area contributed by atoms with E-state index in [4.69, 9.17) is 10.00 Å². The van der Waals surface area contributed by atoms with E-state index in [0.29, 0.717) is 19.4 Å². The number of alkyl carbamates (subject to hydrolysis) is 1. The van der Waals surface area contributed by atoms with E-state index in [1.54, 1.807) is 13.0 Å². The molecule has 136 valence electrons. The van der Waals surface area contributed by atoms with Crippen LogP contribution in [0.3, 0.4) is 0 Å². The van der Waals surface area contributed by atoms with Gasteiger partial charge in [-0.2, -0.15) is 9.57 Å². The highest BCUT2D eigenvalue weighted by molar-refractivity contribution is 7.88. The molecule has 1 atom stereocenters. The Balaban J connectivity index is 2.06. The molecule has 1 aromatic rings. The summed E-state index contributed by atoms with van der Waals surface area (Å²) in [6, 6.07) is 5.18. The Morgan fingerprint density at radius 2 is 2.28 bits per heavy atom. The lowest BCUT2D eigenvalue weighted by Gasteiger charge is -2.32. The van der Waals surface area contributed by atoms with Crippen LogP contribution in [0.4, 0.5) is 9.18 Å². The van der Waals surface area contributed by atoms with Crippen molar-refractivity contribution in [2.75, 3.05) is 19.7 Å². The minimum Gasteiger partial charge on any atom is -0.450 e. The Labute approximate surface area is 146 Å². The molecule has 0 unspecified atom stereocenters. The average Bonchev–Trinajstić information content (AvgIpc) is 2.57. The van der Waals surface area contributed by atoms with Crippen molar-refractivity contribution in [3.63, 3.8) is 0 Å². The van der Waals surface area contributed by atoms with Crippen LogP contribution in [-0.4, -0.2) is 44.6 Å². The molecule has 1 N–H and O–H groups in total. The van der Waals surface area contributed by atoms with Gasteiger partial charge in [-0.1, -0.05) is 6.07 Å². The maximum atomic E-state index is 14.0. The first-order chi connectivity index (χ1) is 11.9. The number of rotatable bonds is 5. The standard InChI is InChI=1S/C16H20FN3O4S/c1-2-24-16(21)19-14-4-3-7-20(10-14)25(22,23)11-13-6-5-12(9-18)8-15(13)17/h5-6,8,14H,2-4,7,10-11H2,1H3,(H,19,21)/t14-/m1/s1. The number of carbonyl (C=O) groups is 1. The second-order valence-corrected chi connectivity index (χ2v) is 7.71. The number of nitrogens with zero attached hydrogens (tertiary/aromatic N) is 2. The Kier molecular flexibility index (Phi) is 6.33. The number of nitrogens with one attached hydrogen (secondary N) is 1. The number of sulfonamides is 1. The van der Waals surface area contributed by atoms with Crippen LogP contribution in [0.25, 0.3) is 0 Å². The predicted octanol–water partition coefficient (Wildman–Crippen LogP) is 1.74. The maximum absolute atomic E-state index is 14.0. The highest BCUT2D eigenvalue weighted by Crippen LogP contribution is 2.20. The van der Waals surface area contributed by atoms with E-state index in [-0.39, 0.29) is 30.3 Å². The number of piperidine rings is 1. The van der Waals surface area contributed by atoms with Gasteiger partial charge in [0.05, 0.1) is 24.0 Å². The molecule has 0 spiro atoms. The molecule has 1 heterocycles. The molecule has 0 radical (unpaired) electrons. The quantitative estimate of drug-likeness (QED) is 0.852.